The van der Waals surface area contributed by atoms with Crippen LogP contribution >= 0.6 is 0 Å². The third-order valence-corrected chi connectivity index (χ3v) is 2.48. The molecule has 1 aromatic heterocycles. The van der Waals surface area contributed by atoms with Gasteiger partial charge in [0.2, 0.25) is 0 Å². The first-order valence-electron chi connectivity index (χ1n) is 5.11. The third kappa shape index (κ3) is 1.84. The lowest BCUT2D eigenvalue weighted by Crippen LogP contribution is -1.93. The Labute approximate surface area is 94.6 Å². The highest BCUT2D eigenvalue weighted by atomic mass is 16.3. The van der Waals surface area contributed by atoms with Crippen molar-refractivity contribution in [3.8, 4) is 16.9 Å². The Bertz CT molecular complexity index is 515. The van der Waals surface area contributed by atoms with Crippen LogP contribution in [0.5, 0.6) is 5.75 Å². The number of hydrogen-bond acceptors (Lipinski definition) is 3. The number of pyridine rings is 1. The monoisotopic (exact) mass is 214 g/mol. The Morgan fingerprint density at radius 3 is 2.38 bits per heavy atom. The summed E-state index contributed by atoms with van der Waals surface area (Å²) in [6.07, 6.45) is 0. The van der Waals surface area contributed by atoms with E-state index in [0.29, 0.717) is 5.69 Å². The van der Waals surface area contributed by atoms with Crippen LogP contribution in [0.3, 0.4) is 0 Å². The highest BCUT2D eigenvalue weighted by Crippen LogP contribution is 2.32. The number of benzene rings is 1. The zero-order chi connectivity index (χ0) is 11.7. The topological polar surface area (TPSA) is 59.1 Å². The summed E-state index contributed by atoms with van der Waals surface area (Å²) in [7, 11) is 0. The van der Waals surface area contributed by atoms with Gasteiger partial charge in [-0.1, -0.05) is 12.1 Å². The molecule has 0 fully saturated rings. The fraction of sp³-hybridized carbons (Fsp3) is 0.154. The molecule has 16 heavy (non-hydrogen) atoms. The molecule has 1 aromatic carbocycles. The Hall–Kier alpha value is -2.03. The number of phenolic OH excluding ortho intramolecular Hbond substituents is 1. The average Bonchev–Trinajstić information content (AvgIpc) is 2.20. The van der Waals surface area contributed by atoms with Crippen LogP contribution in [0, 0.1) is 13.8 Å². The predicted octanol–water partition coefficient (Wildman–Crippen LogP) is 2.65. The van der Waals surface area contributed by atoms with Crippen LogP contribution in [0.4, 0.5) is 5.69 Å². The van der Waals surface area contributed by atoms with Crippen LogP contribution < -0.4 is 5.73 Å². The van der Waals surface area contributed by atoms with Crippen LogP contribution in [0.25, 0.3) is 11.1 Å². The standard InChI is InChI=1S/C13H14N2O/c1-8-6-10(7-9(2)15-8)11-4-3-5-12(16)13(11)14/h3-7,16H,14H2,1-2H3. The minimum atomic E-state index is 0.115. The molecule has 0 aliphatic rings. The minimum absolute atomic E-state index is 0.115. The van der Waals surface area contributed by atoms with Crippen molar-refractivity contribution < 1.29 is 5.11 Å². The van der Waals surface area contributed by atoms with Crippen molar-refractivity contribution in [2.75, 3.05) is 5.73 Å². The molecular weight excluding hydrogens is 200 g/mol. The van der Waals surface area contributed by atoms with Crippen molar-refractivity contribution in [3.05, 3.63) is 41.7 Å². The molecule has 0 atom stereocenters. The van der Waals surface area contributed by atoms with Crippen LogP contribution in [0.15, 0.2) is 30.3 Å². The van der Waals surface area contributed by atoms with Crippen LogP contribution in [-0.4, -0.2) is 10.1 Å². The zero-order valence-electron chi connectivity index (χ0n) is 9.36. The summed E-state index contributed by atoms with van der Waals surface area (Å²) in [6.45, 7) is 3.88. The molecule has 0 unspecified atom stereocenters. The summed E-state index contributed by atoms with van der Waals surface area (Å²) < 4.78 is 0. The van der Waals surface area contributed by atoms with Gasteiger partial charge in [0.15, 0.2) is 0 Å². The fourth-order valence-corrected chi connectivity index (χ4v) is 1.79. The molecule has 1 heterocycles. The number of aromatic hydroxyl groups is 1. The highest BCUT2D eigenvalue weighted by molar-refractivity contribution is 5.80. The second-order valence-electron chi connectivity index (χ2n) is 3.88. The molecule has 2 rings (SSSR count). The van der Waals surface area contributed by atoms with E-state index in [0.717, 1.165) is 22.5 Å². The number of aryl methyl sites for hydroxylation is 2. The lowest BCUT2D eigenvalue weighted by molar-refractivity contribution is 0.478. The van der Waals surface area contributed by atoms with Gasteiger partial charge in [0.05, 0.1) is 5.69 Å². The smallest absolute Gasteiger partial charge is 0.139 e. The SMILES string of the molecule is Cc1cc(-c2cccc(O)c2N)cc(C)n1. The van der Waals surface area contributed by atoms with Gasteiger partial charge in [0.1, 0.15) is 5.75 Å². The summed E-state index contributed by atoms with van der Waals surface area (Å²) in [6, 6.07) is 9.17. The maximum Gasteiger partial charge on any atom is 0.139 e. The number of nitrogens with zero attached hydrogens (tertiary/aromatic N) is 1. The maximum absolute atomic E-state index is 9.56. The number of phenols is 1. The van der Waals surface area contributed by atoms with Gasteiger partial charge in [0.25, 0.3) is 0 Å². The second kappa shape index (κ2) is 3.85. The molecule has 3 heteroatoms. The number of nitrogen functional groups attached to an aromatic ring is 1. The quantitative estimate of drug-likeness (QED) is 0.566. The molecule has 3 nitrogen and oxygen atoms in total. The molecule has 0 radical (unpaired) electrons. The van der Waals surface area contributed by atoms with Crippen LogP contribution in [0.2, 0.25) is 0 Å². The van der Waals surface area contributed by atoms with Gasteiger partial charge in [-0.25, -0.2) is 0 Å². The van der Waals surface area contributed by atoms with Gasteiger partial charge in [0, 0.05) is 17.0 Å². The Morgan fingerprint density at radius 1 is 1.12 bits per heavy atom. The predicted molar refractivity (Wildman–Crippen MR) is 65.2 cm³/mol. The van der Waals surface area contributed by atoms with E-state index in [-0.39, 0.29) is 5.75 Å². The summed E-state index contributed by atoms with van der Waals surface area (Å²) in [5, 5.41) is 9.56. The average molecular weight is 214 g/mol. The molecule has 0 spiro atoms. The van der Waals surface area contributed by atoms with Gasteiger partial charge < -0.3 is 10.8 Å². The van der Waals surface area contributed by atoms with Crippen LogP contribution in [0.1, 0.15) is 11.4 Å². The van der Waals surface area contributed by atoms with E-state index < -0.39 is 0 Å². The van der Waals surface area contributed by atoms with Gasteiger partial charge in [-0.15, -0.1) is 0 Å². The minimum Gasteiger partial charge on any atom is -0.506 e. The van der Waals surface area contributed by atoms with Crippen molar-refractivity contribution in [1.82, 2.24) is 4.98 Å². The fourth-order valence-electron chi connectivity index (χ4n) is 1.79. The first-order chi connectivity index (χ1) is 7.58. The van der Waals surface area contributed by atoms with Crippen LogP contribution in [-0.2, 0) is 0 Å². The van der Waals surface area contributed by atoms with E-state index in [9.17, 15) is 5.11 Å². The van der Waals surface area contributed by atoms with E-state index in [1.54, 1.807) is 12.1 Å². The molecule has 0 aliphatic heterocycles. The number of rotatable bonds is 1. The summed E-state index contributed by atoms with van der Waals surface area (Å²) in [5.74, 6) is 0.115. The van der Waals surface area contributed by atoms with Crippen molar-refractivity contribution >= 4 is 5.69 Å². The molecular formula is C13H14N2O. The molecule has 82 valence electrons. The number of anilines is 1. The Balaban J connectivity index is 2.63. The lowest BCUT2D eigenvalue weighted by Gasteiger charge is -2.08. The number of para-hydroxylation sites is 1. The van der Waals surface area contributed by atoms with Gasteiger partial charge in [-0.3, -0.25) is 4.98 Å². The number of nitrogens with two attached hydrogens (primary N) is 1. The van der Waals surface area contributed by atoms with Gasteiger partial charge >= 0.3 is 0 Å². The molecule has 3 N–H and O–H groups in total. The summed E-state index contributed by atoms with van der Waals surface area (Å²) in [4.78, 5) is 4.31. The molecule has 0 saturated carbocycles. The second-order valence-corrected chi connectivity index (χ2v) is 3.88. The zero-order valence-corrected chi connectivity index (χ0v) is 9.36. The number of hydrogen-bond donors (Lipinski definition) is 2. The molecule has 0 amide bonds. The van der Waals surface area contributed by atoms with Crippen molar-refractivity contribution in [1.29, 1.82) is 0 Å². The molecule has 0 aliphatic carbocycles. The molecule has 0 bridgehead atoms. The Kier molecular flexibility index (Phi) is 2.52. The van der Waals surface area contributed by atoms with E-state index in [1.165, 1.54) is 0 Å². The van der Waals surface area contributed by atoms with Crippen molar-refractivity contribution in [3.63, 3.8) is 0 Å². The maximum atomic E-state index is 9.56. The van der Waals surface area contributed by atoms with E-state index in [2.05, 4.69) is 4.98 Å². The van der Waals surface area contributed by atoms with Gasteiger partial charge in [-0.05, 0) is 37.6 Å². The van der Waals surface area contributed by atoms with Crippen molar-refractivity contribution in [2.45, 2.75) is 13.8 Å². The van der Waals surface area contributed by atoms with Crippen molar-refractivity contribution in [2.24, 2.45) is 0 Å². The first-order valence-corrected chi connectivity index (χ1v) is 5.11. The largest absolute Gasteiger partial charge is 0.506 e. The van der Waals surface area contributed by atoms with Gasteiger partial charge in [-0.2, -0.15) is 0 Å². The summed E-state index contributed by atoms with van der Waals surface area (Å²) in [5.41, 5.74) is 9.96. The lowest BCUT2D eigenvalue weighted by atomic mass is 10.0. The summed E-state index contributed by atoms with van der Waals surface area (Å²) >= 11 is 0. The molecule has 2 aromatic rings. The van der Waals surface area contributed by atoms with E-state index >= 15 is 0 Å². The number of aromatic nitrogens is 1. The Morgan fingerprint density at radius 2 is 1.75 bits per heavy atom. The third-order valence-electron chi connectivity index (χ3n) is 2.48. The van der Waals surface area contributed by atoms with E-state index in [1.807, 2.05) is 32.0 Å². The van der Waals surface area contributed by atoms with E-state index in [4.69, 9.17) is 5.73 Å². The molecule has 0 saturated heterocycles. The normalized spacial score (nSPS) is 10.4. The highest BCUT2D eigenvalue weighted by Gasteiger charge is 2.07. The first kappa shape index (κ1) is 10.5.